The molecule has 0 bridgehead atoms. The summed E-state index contributed by atoms with van der Waals surface area (Å²) in [6, 6.07) is 8.57. The number of hydrogen-bond donors (Lipinski definition) is 2. The second kappa shape index (κ2) is 6.03. The summed E-state index contributed by atoms with van der Waals surface area (Å²) in [5.74, 6) is 1.33. The SMILES string of the molecule is COc1cccc(CNC2CCCC2CO)c1. The fraction of sp³-hybridized carbons (Fsp3) is 0.571. The number of rotatable bonds is 5. The van der Waals surface area contributed by atoms with Crippen LogP contribution >= 0.6 is 0 Å². The van der Waals surface area contributed by atoms with Crippen molar-refractivity contribution in [2.75, 3.05) is 13.7 Å². The summed E-state index contributed by atoms with van der Waals surface area (Å²) in [5, 5.41) is 12.8. The van der Waals surface area contributed by atoms with Gasteiger partial charge >= 0.3 is 0 Å². The summed E-state index contributed by atoms with van der Waals surface area (Å²) in [4.78, 5) is 0. The standard InChI is InChI=1S/C14H21NO2/c1-17-13-6-2-4-11(8-13)9-15-14-7-3-5-12(14)10-16/h2,4,6,8,12,14-16H,3,5,7,9-10H2,1H3. The van der Waals surface area contributed by atoms with Crippen LogP contribution in [0.5, 0.6) is 5.75 Å². The van der Waals surface area contributed by atoms with Crippen molar-refractivity contribution in [1.82, 2.24) is 5.32 Å². The lowest BCUT2D eigenvalue weighted by molar-refractivity contribution is 0.205. The molecule has 0 saturated heterocycles. The Bertz CT molecular complexity index is 354. The first-order chi connectivity index (χ1) is 8.33. The van der Waals surface area contributed by atoms with Crippen LogP contribution in [0.1, 0.15) is 24.8 Å². The molecule has 17 heavy (non-hydrogen) atoms. The van der Waals surface area contributed by atoms with Crippen LogP contribution in [0.3, 0.4) is 0 Å². The number of methoxy groups -OCH3 is 1. The maximum atomic E-state index is 9.26. The summed E-state index contributed by atoms with van der Waals surface area (Å²) < 4.78 is 5.20. The smallest absolute Gasteiger partial charge is 0.119 e. The molecule has 1 fully saturated rings. The molecule has 0 heterocycles. The van der Waals surface area contributed by atoms with E-state index in [1.807, 2.05) is 12.1 Å². The second-order valence-electron chi connectivity index (χ2n) is 4.71. The van der Waals surface area contributed by atoms with Crippen LogP contribution in [0.2, 0.25) is 0 Å². The average Bonchev–Trinajstić information content (AvgIpc) is 2.84. The summed E-state index contributed by atoms with van der Waals surface area (Å²) in [5.41, 5.74) is 1.23. The normalized spacial score (nSPS) is 23.9. The number of hydrogen-bond acceptors (Lipinski definition) is 3. The van der Waals surface area contributed by atoms with E-state index in [4.69, 9.17) is 4.74 Å². The van der Waals surface area contributed by atoms with Crippen LogP contribution in [-0.4, -0.2) is 24.9 Å². The summed E-state index contributed by atoms with van der Waals surface area (Å²) in [7, 11) is 1.69. The molecule has 1 aliphatic carbocycles. The molecular formula is C14H21NO2. The van der Waals surface area contributed by atoms with E-state index < -0.39 is 0 Å². The van der Waals surface area contributed by atoms with Gasteiger partial charge in [-0.05, 0) is 36.5 Å². The van der Waals surface area contributed by atoms with Crippen molar-refractivity contribution in [1.29, 1.82) is 0 Å². The van der Waals surface area contributed by atoms with Gasteiger partial charge in [0.15, 0.2) is 0 Å². The number of aliphatic hydroxyl groups excluding tert-OH is 1. The van der Waals surface area contributed by atoms with Gasteiger partial charge in [0.05, 0.1) is 7.11 Å². The molecule has 2 rings (SSSR count). The largest absolute Gasteiger partial charge is 0.497 e. The highest BCUT2D eigenvalue weighted by Crippen LogP contribution is 2.25. The molecule has 0 spiro atoms. The number of ether oxygens (including phenoxy) is 1. The van der Waals surface area contributed by atoms with Crippen molar-refractivity contribution in [2.24, 2.45) is 5.92 Å². The van der Waals surface area contributed by atoms with Crippen LogP contribution in [-0.2, 0) is 6.54 Å². The molecule has 2 unspecified atom stereocenters. The molecule has 0 aliphatic heterocycles. The van der Waals surface area contributed by atoms with Gasteiger partial charge in [0.2, 0.25) is 0 Å². The number of aliphatic hydroxyl groups is 1. The van der Waals surface area contributed by atoms with Crippen molar-refractivity contribution < 1.29 is 9.84 Å². The van der Waals surface area contributed by atoms with Gasteiger partial charge in [0, 0.05) is 19.2 Å². The van der Waals surface area contributed by atoms with Gasteiger partial charge in [-0.3, -0.25) is 0 Å². The van der Waals surface area contributed by atoms with Crippen molar-refractivity contribution in [2.45, 2.75) is 31.8 Å². The van der Waals surface area contributed by atoms with Gasteiger partial charge in [0.25, 0.3) is 0 Å². The van der Waals surface area contributed by atoms with Crippen LogP contribution in [0, 0.1) is 5.92 Å². The molecule has 1 saturated carbocycles. The summed E-state index contributed by atoms with van der Waals surface area (Å²) in [6.45, 7) is 1.15. The maximum Gasteiger partial charge on any atom is 0.119 e. The number of benzene rings is 1. The molecule has 3 heteroatoms. The van der Waals surface area contributed by atoms with Gasteiger partial charge in [-0.25, -0.2) is 0 Å². The van der Waals surface area contributed by atoms with Gasteiger partial charge in [-0.1, -0.05) is 18.6 Å². The third-order valence-corrected chi connectivity index (χ3v) is 3.60. The summed E-state index contributed by atoms with van der Waals surface area (Å²) in [6.07, 6.45) is 3.54. The molecule has 1 aromatic carbocycles. The third-order valence-electron chi connectivity index (χ3n) is 3.60. The third kappa shape index (κ3) is 3.20. The van der Waals surface area contributed by atoms with Gasteiger partial charge in [-0.2, -0.15) is 0 Å². The fourth-order valence-corrected chi connectivity index (χ4v) is 2.56. The Morgan fingerprint density at radius 3 is 3.06 bits per heavy atom. The van der Waals surface area contributed by atoms with E-state index in [1.165, 1.54) is 18.4 Å². The highest BCUT2D eigenvalue weighted by molar-refractivity contribution is 5.28. The minimum atomic E-state index is 0.301. The first-order valence-corrected chi connectivity index (χ1v) is 6.30. The topological polar surface area (TPSA) is 41.5 Å². The Morgan fingerprint density at radius 2 is 2.29 bits per heavy atom. The van der Waals surface area contributed by atoms with E-state index >= 15 is 0 Å². The van der Waals surface area contributed by atoms with Crippen LogP contribution in [0.25, 0.3) is 0 Å². The molecule has 94 valence electrons. The fourth-order valence-electron chi connectivity index (χ4n) is 2.56. The zero-order valence-corrected chi connectivity index (χ0v) is 10.4. The van der Waals surface area contributed by atoms with Crippen molar-refractivity contribution >= 4 is 0 Å². The molecule has 0 radical (unpaired) electrons. The Hall–Kier alpha value is -1.06. The van der Waals surface area contributed by atoms with Crippen LogP contribution in [0.15, 0.2) is 24.3 Å². The molecule has 1 aromatic rings. The van der Waals surface area contributed by atoms with E-state index in [0.717, 1.165) is 18.7 Å². The minimum absolute atomic E-state index is 0.301. The first kappa shape index (κ1) is 12.4. The predicted molar refractivity (Wildman–Crippen MR) is 68.0 cm³/mol. The predicted octanol–water partition coefficient (Wildman–Crippen LogP) is 1.95. The molecule has 0 aromatic heterocycles. The Morgan fingerprint density at radius 1 is 1.41 bits per heavy atom. The Labute approximate surface area is 103 Å². The van der Waals surface area contributed by atoms with Gasteiger partial charge < -0.3 is 15.2 Å². The summed E-state index contributed by atoms with van der Waals surface area (Å²) >= 11 is 0. The zero-order valence-electron chi connectivity index (χ0n) is 10.4. The molecular weight excluding hydrogens is 214 g/mol. The lowest BCUT2D eigenvalue weighted by atomic mass is 10.0. The van der Waals surface area contributed by atoms with Crippen molar-refractivity contribution in [3.05, 3.63) is 29.8 Å². The number of nitrogens with one attached hydrogen (secondary N) is 1. The highest BCUT2D eigenvalue weighted by Gasteiger charge is 2.25. The van der Waals surface area contributed by atoms with Crippen LogP contribution < -0.4 is 10.1 Å². The average molecular weight is 235 g/mol. The van der Waals surface area contributed by atoms with E-state index in [0.29, 0.717) is 18.6 Å². The molecule has 1 aliphatic rings. The van der Waals surface area contributed by atoms with Gasteiger partial charge in [0.1, 0.15) is 5.75 Å². The second-order valence-corrected chi connectivity index (χ2v) is 4.71. The zero-order chi connectivity index (χ0) is 12.1. The maximum absolute atomic E-state index is 9.26. The minimum Gasteiger partial charge on any atom is -0.497 e. The molecule has 2 N–H and O–H groups in total. The first-order valence-electron chi connectivity index (χ1n) is 6.30. The molecule has 3 nitrogen and oxygen atoms in total. The monoisotopic (exact) mass is 235 g/mol. The van der Waals surface area contributed by atoms with Gasteiger partial charge in [-0.15, -0.1) is 0 Å². The lowest BCUT2D eigenvalue weighted by Crippen LogP contribution is -2.33. The van der Waals surface area contributed by atoms with E-state index in [1.54, 1.807) is 7.11 Å². The van der Waals surface area contributed by atoms with Crippen LogP contribution in [0.4, 0.5) is 0 Å². The molecule has 2 atom stereocenters. The Kier molecular flexibility index (Phi) is 4.40. The van der Waals surface area contributed by atoms with E-state index in [2.05, 4.69) is 17.4 Å². The molecule has 0 amide bonds. The quantitative estimate of drug-likeness (QED) is 0.819. The van der Waals surface area contributed by atoms with Crippen molar-refractivity contribution in [3.8, 4) is 5.75 Å². The lowest BCUT2D eigenvalue weighted by Gasteiger charge is -2.19. The van der Waals surface area contributed by atoms with E-state index in [-0.39, 0.29) is 0 Å². The van der Waals surface area contributed by atoms with E-state index in [9.17, 15) is 5.11 Å². The van der Waals surface area contributed by atoms with Crippen molar-refractivity contribution in [3.63, 3.8) is 0 Å². The highest BCUT2D eigenvalue weighted by atomic mass is 16.5. The Balaban J connectivity index is 1.88.